The number of carbonyl (C=O) groups is 1. The van der Waals surface area contributed by atoms with Gasteiger partial charge in [-0.05, 0) is 31.0 Å². The molecule has 2 rings (SSSR count). The first-order valence-corrected chi connectivity index (χ1v) is 8.12. The molecule has 1 aliphatic rings. The summed E-state index contributed by atoms with van der Waals surface area (Å²) in [6.07, 6.45) is 2.94. The highest BCUT2D eigenvalue weighted by Gasteiger charge is 2.23. The maximum absolute atomic E-state index is 12.3. The summed E-state index contributed by atoms with van der Waals surface area (Å²) >= 11 is 0. The quantitative estimate of drug-likeness (QED) is 0.884. The van der Waals surface area contributed by atoms with Crippen molar-refractivity contribution in [1.29, 1.82) is 0 Å². The highest BCUT2D eigenvalue weighted by Crippen LogP contribution is 2.16. The monoisotopic (exact) mass is 318 g/mol. The van der Waals surface area contributed by atoms with E-state index in [1.165, 1.54) is 12.1 Å². The molecule has 1 aliphatic heterocycles. The molecule has 1 fully saturated rings. The molecule has 20 heavy (non-hydrogen) atoms. The van der Waals surface area contributed by atoms with Gasteiger partial charge in [0.1, 0.15) is 0 Å². The highest BCUT2D eigenvalue weighted by molar-refractivity contribution is 7.90. The lowest BCUT2D eigenvalue weighted by Gasteiger charge is -2.30. The standard InChI is InChI=1S/C13H18N2O3S.ClH/c1-19(17,18)12-6-2-4-10(8-12)13(16)15-7-3-5-11(14)9-15;/h2,4,6,8,11H,3,5,7,9,14H2,1H3;1H/t11-;/m1./s1. The summed E-state index contributed by atoms with van der Waals surface area (Å²) in [5.74, 6) is -0.152. The SMILES string of the molecule is CS(=O)(=O)c1cccc(C(=O)N2CCC[C@@H](N)C2)c1.Cl. The van der Waals surface area contributed by atoms with Gasteiger partial charge < -0.3 is 10.6 Å². The van der Waals surface area contributed by atoms with Gasteiger partial charge in [0, 0.05) is 31.0 Å². The zero-order valence-electron chi connectivity index (χ0n) is 11.3. The Hall–Kier alpha value is -1.11. The Kier molecular flexibility index (Phi) is 5.56. The molecule has 5 nitrogen and oxygen atoms in total. The van der Waals surface area contributed by atoms with Crippen LogP contribution in [0.2, 0.25) is 0 Å². The van der Waals surface area contributed by atoms with Crippen LogP contribution in [0.5, 0.6) is 0 Å². The molecule has 1 atom stereocenters. The fourth-order valence-corrected chi connectivity index (χ4v) is 2.90. The Morgan fingerprint density at radius 1 is 1.40 bits per heavy atom. The number of sulfone groups is 1. The van der Waals surface area contributed by atoms with Crippen molar-refractivity contribution < 1.29 is 13.2 Å². The zero-order chi connectivity index (χ0) is 14.0. The predicted molar refractivity (Wildman–Crippen MR) is 79.9 cm³/mol. The molecule has 0 unspecified atom stereocenters. The number of hydrogen-bond acceptors (Lipinski definition) is 4. The van der Waals surface area contributed by atoms with E-state index in [-0.39, 0.29) is 29.3 Å². The number of amides is 1. The molecule has 1 heterocycles. The average Bonchev–Trinajstić information content (AvgIpc) is 2.37. The van der Waals surface area contributed by atoms with Crippen LogP contribution < -0.4 is 5.73 Å². The number of hydrogen-bond donors (Lipinski definition) is 1. The van der Waals surface area contributed by atoms with Crippen molar-refractivity contribution in [3.63, 3.8) is 0 Å². The van der Waals surface area contributed by atoms with Crippen molar-refractivity contribution in [1.82, 2.24) is 4.90 Å². The molecule has 1 aromatic carbocycles. The summed E-state index contributed by atoms with van der Waals surface area (Å²) in [7, 11) is -3.30. The van der Waals surface area contributed by atoms with Gasteiger partial charge >= 0.3 is 0 Å². The van der Waals surface area contributed by atoms with Crippen LogP contribution in [-0.2, 0) is 9.84 Å². The van der Waals surface area contributed by atoms with Crippen LogP contribution in [0, 0.1) is 0 Å². The minimum absolute atomic E-state index is 0. The van der Waals surface area contributed by atoms with E-state index in [2.05, 4.69) is 0 Å². The third-order valence-corrected chi connectivity index (χ3v) is 4.36. The van der Waals surface area contributed by atoms with Crippen LogP contribution in [0.4, 0.5) is 0 Å². The number of nitrogens with two attached hydrogens (primary N) is 1. The topological polar surface area (TPSA) is 80.5 Å². The van der Waals surface area contributed by atoms with Crippen LogP contribution >= 0.6 is 12.4 Å². The largest absolute Gasteiger partial charge is 0.337 e. The number of carbonyl (C=O) groups excluding carboxylic acids is 1. The molecule has 1 aromatic rings. The van der Waals surface area contributed by atoms with Crippen molar-refractivity contribution >= 4 is 28.2 Å². The van der Waals surface area contributed by atoms with Crippen LogP contribution in [0.25, 0.3) is 0 Å². The van der Waals surface area contributed by atoms with Gasteiger partial charge in [0.15, 0.2) is 9.84 Å². The van der Waals surface area contributed by atoms with Crippen molar-refractivity contribution in [3.8, 4) is 0 Å². The first-order chi connectivity index (χ1) is 8.88. The second-order valence-corrected chi connectivity index (χ2v) is 6.97. The number of likely N-dealkylation sites (tertiary alicyclic amines) is 1. The van der Waals surface area contributed by atoms with Crippen molar-refractivity contribution in [2.75, 3.05) is 19.3 Å². The minimum atomic E-state index is -3.30. The second-order valence-electron chi connectivity index (χ2n) is 4.95. The molecule has 112 valence electrons. The number of nitrogens with zero attached hydrogens (tertiary/aromatic N) is 1. The van der Waals surface area contributed by atoms with Crippen molar-refractivity contribution in [2.45, 2.75) is 23.8 Å². The molecule has 7 heteroatoms. The number of piperidine rings is 1. The summed E-state index contributed by atoms with van der Waals surface area (Å²) in [5.41, 5.74) is 6.25. The third-order valence-electron chi connectivity index (χ3n) is 3.25. The van der Waals surface area contributed by atoms with Gasteiger partial charge in [0.05, 0.1) is 4.90 Å². The second kappa shape index (κ2) is 6.56. The molecule has 2 N–H and O–H groups in total. The summed E-state index contributed by atoms with van der Waals surface area (Å²) in [6.45, 7) is 1.21. The first-order valence-electron chi connectivity index (χ1n) is 6.23. The molecule has 0 aliphatic carbocycles. The maximum atomic E-state index is 12.3. The van der Waals surface area contributed by atoms with Crippen LogP contribution in [0.15, 0.2) is 29.2 Å². The van der Waals surface area contributed by atoms with E-state index in [4.69, 9.17) is 5.73 Å². The Morgan fingerprint density at radius 2 is 2.10 bits per heavy atom. The van der Waals surface area contributed by atoms with Crippen LogP contribution in [-0.4, -0.2) is 44.6 Å². The Bertz CT molecular complexity index is 589. The van der Waals surface area contributed by atoms with Gasteiger partial charge in [-0.1, -0.05) is 6.07 Å². The van der Waals surface area contributed by atoms with Gasteiger partial charge in [-0.3, -0.25) is 4.79 Å². The van der Waals surface area contributed by atoms with Crippen molar-refractivity contribution in [3.05, 3.63) is 29.8 Å². The van der Waals surface area contributed by atoms with Gasteiger partial charge in [-0.2, -0.15) is 0 Å². The third kappa shape index (κ3) is 3.94. The van der Waals surface area contributed by atoms with E-state index in [9.17, 15) is 13.2 Å². The molecule has 1 amide bonds. The molecule has 0 spiro atoms. The number of halogens is 1. The Labute approximate surface area is 125 Å². The lowest BCUT2D eigenvalue weighted by molar-refractivity contribution is 0.0708. The van der Waals surface area contributed by atoms with Crippen molar-refractivity contribution in [2.24, 2.45) is 5.73 Å². The van der Waals surface area contributed by atoms with E-state index in [1.807, 2.05) is 0 Å². The highest BCUT2D eigenvalue weighted by atomic mass is 35.5. The normalized spacial score (nSPS) is 19.3. The molecular formula is C13H19ClN2O3S. The van der Waals surface area contributed by atoms with E-state index >= 15 is 0 Å². The summed E-state index contributed by atoms with van der Waals surface area (Å²) in [4.78, 5) is 14.2. The van der Waals surface area contributed by atoms with Gasteiger partial charge in [-0.15, -0.1) is 12.4 Å². The van der Waals surface area contributed by atoms with Gasteiger partial charge in [0.25, 0.3) is 5.91 Å². The summed E-state index contributed by atoms with van der Waals surface area (Å²) < 4.78 is 23.0. The Balaban J connectivity index is 0.00000200. The fraction of sp³-hybridized carbons (Fsp3) is 0.462. The molecule has 1 saturated heterocycles. The lowest BCUT2D eigenvalue weighted by atomic mass is 10.1. The smallest absolute Gasteiger partial charge is 0.253 e. The van der Waals surface area contributed by atoms with Gasteiger partial charge in [-0.25, -0.2) is 8.42 Å². The van der Waals surface area contributed by atoms with E-state index < -0.39 is 9.84 Å². The van der Waals surface area contributed by atoms with E-state index in [1.54, 1.807) is 17.0 Å². The molecule has 0 aromatic heterocycles. The van der Waals surface area contributed by atoms with E-state index in [0.29, 0.717) is 18.7 Å². The molecule has 0 saturated carbocycles. The fourth-order valence-electron chi connectivity index (χ4n) is 2.24. The molecule has 0 radical (unpaired) electrons. The minimum Gasteiger partial charge on any atom is -0.337 e. The number of benzene rings is 1. The van der Waals surface area contributed by atoms with Gasteiger partial charge in [0.2, 0.25) is 0 Å². The molecular weight excluding hydrogens is 300 g/mol. The average molecular weight is 319 g/mol. The summed E-state index contributed by atoms with van der Waals surface area (Å²) in [5, 5.41) is 0. The lowest BCUT2D eigenvalue weighted by Crippen LogP contribution is -2.45. The van der Waals surface area contributed by atoms with Crippen LogP contribution in [0.1, 0.15) is 23.2 Å². The predicted octanol–water partition coefficient (Wildman–Crippen LogP) is 1.08. The summed E-state index contributed by atoms with van der Waals surface area (Å²) in [6, 6.07) is 6.16. The Morgan fingerprint density at radius 3 is 2.70 bits per heavy atom. The van der Waals surface area contributed by atoms with E-state index in [0.717, 1.165) is 19.1 Å². The number of rotatable bonds is 2. The first kappa shape index (κ1) is 16.9. The zero-order valence-corrected chi connectivity index (χ0v) is 12.9. The van der Waals surface area contributed by atoms with Crippen LogP contribution in [0.3, 0.4) is 0 Å². The molecule has 0 bridgehead atoms. The maximum Gasteiger partial charge on any atom is 0.253 e.